The Kier molecular flexibility index (Phi) is 7.85. The van der Waals surface area contributed by atoms with E-state index >= 15 is 0 Å². The van der Waals surface area contributed by atoms with Crippen LogP contribution < -0.4 is 0 Å². The van der Waals surface area contributed by atoms with Crippen LogP contribution >= 0.6 is 0 Å². The van der Waals surface area contributed by atoms with Crippen molar-refractivity contribution in [3.05, 3.63) is 12.2 Å². The maximum Gasteiger partial charge on any atom is 0.330 e. The summed E-state index contributed by atoms with van der Waals surface area (Å²) in [5.41, 5.74) is 0.176. The summed E-state index contributed by atoms with van der Waals surface area (Å²) in [5, 5.41) is 25.7. The lowest BCUT2D eigenvalue weighted by Crippen LogP contribution is -2.25. The molecule has 3 N–H and O–H groups in total. The Balaban J connectivity index is 0.000000325. The topological polar surface area (TPSA) is 77.8 Å². The normalized spacial score (nSPS) is 24.2. The van der Waals surface area contributed by atoms with Crippen molar-refractivity contribution in [3.63, 3.8) is 0 Å². The molecule has 1 fully saturated rings. The number of aliphatic hydroxyl groups is 2. The quantitative estimate of drug-likeness (QED) is 0.641. The first-order chi connectivity index (χ1) is 7.52. The summed E-state index contributed by atoms with van der Waals surface area (Å²) >= 11 is 0. The van der Waals surface area contributed by atoms with Crippen molar-refractivity contribution >= 4 is 5.97 Å². The molecule has 1 aliphatic carbocycles. The number of rotatable bonds is 3. The predicted octanol–water partition coefficient (Wildman–Crippen LogP) is 1.42. The third kappa shape index (κ3) is 5.88. The second-order valence-corrected chi connectivity index (χ2v) is 4.26. The van der Waals surface area contributed by atoms with E-state index in [-0.39, 0.29) is 18.8 Å². The van der Waals surface area contributed by atoms with Gasteiger partial charge in [0.15, 0.2) is 0 Å². The van der Waals surface area contributed by atoms with Crippen LogP contribution in [0.15, 0.2) is 12.2 Å². The standard InChI is InChI=1S/C8H16O2.C4H6O2/c9-5-7-3-1-2-4-8(7)6-10;1-3(2)4(5)6/h7-10H,1-6H2;1H2,2H3,(H,5,6). The van der Waals surface area contributed by atoms with E-state index < -0.39 is 5.97 Å². The fourth-order valence-corrected chi connectivity index (χ4v) is 1.77. The van der Waals surface area contributed by atoms with Crippen molar-refractivity contribution in [2.24, 2.45) is 11.8 Å². The lowest BCUT2D eigenvalue weighted by molar-refractivity contribution is -0.132. The minimum absolute atomic E-state index is 0.176. The SMILES string of the molecule is C=C(C)C(=O)O.OCC1CCCCC1CO. The highest BCUT2D eigenvalue weighted by atomic mass is 16.4. The van der Waals surface area contributed by atoms with Crippen LogP contribution in [0.4, 0.5) is 0 Å². The highest BCUT2D eigenvalue weighted by Gasteiger charge is 2.23. The molecule has 1 saturated carbocycles. The number of aliphatic hydroxyl groups excluding tert-OH is 2. The van der Waals surface area contributed by atoms with Gasteiger partial charge in [-0.05, 0) is 31.6 Å². The van der Waals surface area contributed by atoms with Crippen molar-refractivity contribution in [2.45, 2.75) is 32.6 Å². The van der Waals surface area contributed by atoms with E-state index in [2.05, 4.69) is 6.58 Å². The van der Waals surface area contributed by atoms with Gasteiger partial charge in [0.1, 0.15) is 0 Å². The smallest absolute Gasteiger partial charge is 0.330 e. The van der Waals surface area contributed by atoms with Gasteiger partial charge < -0.3 is 15.3 Å². The summed E-state index contributed by atoms with van der Waals surface area (Å²) in [5.74, 6) is -0.188. The van der Waals surface area contributed by atoms with Crippen molar-refractivity contribution < 1.29 is 20.1 Å². The van der Waals surface area contributed by atoms with Crippen molar-refractivity contribution in [1.29, 1.82) is 0 Å². The van der Waals surface area contributed by atoms with Crippen molar-refractivity contribution in [2.75, 3.05) is 13.2 Å². The zero-order valence-electron chi connectivity index (χ0n) is 9.85. The maximum absolute atomic E-state index is 9.60. The number of hydrogen-bond acceptors (Lipinski definition) is 3. The average molecular weight is 230 g/mol. The highest BCUT2D eigenvalue weighted by molar-refractivity contribution is 5.84. The molecule has 0 bridgehead atoms. The second-order valence-electron chi connectivity index (χ2n) is 4.26. The summed E-state index contributed by atoms with van der Waals surface area (Å²) in [4.78, 5) is 9.60. The third-order valence-corrected chi connectivity index (χ3v) is 2.90. The van der Waals surface area contributed by atoms with E-state index in [1.807, 2.05) is 0 Å². The van der Waals surface area contributed by atoms with Crippen LogP contribution in [0, 0.1) is 11.8 Å². The van der Waals surface area contributed by atoms with Crippen LogP contribution in [-0.2, 0) is 4.79 Å². The summed E-state index contributed by atoms with van der Waals surface area (Å²) < 4.78 is 0. The van der Waals surface area contributed by atoms with Gasteiger partial charge in [-0.15, -0.1) is 0 Å². The molecule has 0 aromatic rings. The molecular weight excluding hydrogens is 208 g/mol. The minimum atomic E-state index is -0.935. The number of aliphatic carboxylic acids is 1. The van der Waals surface area contributed by atoms with Gasteiger partial charge in [-0.3, -0.25) is 0 Å². The molecule has 16 heavy (non-hydrogen) atoms. The molecule has 0 spiro atoms. The molecule has 4 heteroatoms. The Morgan fingerprint density at radius 2 is 1.50 bits per heavy atom. The van der Waals surface area contributed by atoms with E-state index in [1.165, 1.54) is 19.8 Å². The number of carbonyl (C=O) groups is 1. The molecule has 0 aromatic heterocycles. The fourth-order valence-electron chi connectivity index (χ4n) is 1.77. The molecular formula is C12H22O4. The number of hydrogen-bond donors (Lipinski definition) is 3. The van der Waals surface area contributed by atoms with Crippen LogP contribution in [0.2, 0.25) is 0 Å². The van der Waals surface area contributed by atoms with Gasteiger partial charge in [0.2, 0.25) is 0 Å². The monoisotopic (exact) mass is 230 g/mol. The van der Waals surface area contributed by atoms with Gasteiger partial charge in [-0.25, -0.2) is 4.79 Å². The maximum atomic E-state index is 9.60. The van der Waals surface area contributed by atoms with E-state index in [1.54, 1.807) is 0 Å². The molecule has 0 amide bonds. The Hall–Kier alpha value is -0.870. The second kappa shape index (κ2) is 8.30. The summed E-state index contributed by atoms with van der Waals surface area (Å²) in [7, 11) is 0. The fraction of sp³-hybridized carbons (Fsp3) is 0.750. The summed E-state index contributed by atoms with van der Waals surface area (Å²) in [6.07, 6.45) is 4.65. The Labute approximate surface area is 96.6 Å². The number of carboxylic acids is 1. The van der Waals surface area contributed by atoms with Gasteiger partial charge in [0.05, 0.1) is 0 Å². The van der Waals surface area contributed by atoms with E-state index in [0.29, 0.717) is 11.8 Å². The first kappa shape index (κ1) is 15.1. The molecule has 94 valence electrons. The van der Waals surface area contributed by atoms with E-state index in [9.17, 15) is 4.79 Å². The zero-order chi connectivity index (χ0) is 12.6. The first-order valence-electron chi connectivity index (χ1n) is 5.63. The van der Waals surface area contributed by atoms with Gasteiger partial charge in [0.25, 0.3) is 0 Å². The molecule has 0 heterocycles. The first-order valence-corrected chi connectivity index (χ1v) is 5.63. The van der Waals surface area contributed by atoms with Gasteiger partial charge in [-0.2, -0.15) is 0 Å². The molecule has 0 radical (unpaired) electrons. The predicted molar refractivity (Wildman–Crippen MR) is 62.1 cm³/mol. The average Bonchev–Trinajstić information content (AvgIpc) is 2.29. The molecule has 4 nitrogen and oxygen atoms in total. The van der Waals surface area contributed by atoms with E-state index in [4.69, 9.17) is 15.3 Å². The summed E-state index contributed by atoms with van der Waals surface area (Å²) in [6, 6.07) is 0. The number of carboxylic acid groups (broad SMARTS) is 1. The molecule has 0 aromatic carbocycles. The summed E-state index contributed by atoms with van der Waals surface area (Å²) in [6.45, 7) is 5.11. The van der Waals surface area contributed by atoms with Crippen LogP contribution in [0.3, 0.4) is 0 Å². The highest BCUT2D eigenvalue weighted by Crippen LogP contribution is 2.28. The van der Waals surface area contributed by atoms with E-state index in [0.717, 1.165) is 12.8 Å². The van der Waals surface area contributed by atoms with Crippen LogP contribution in [0.5, 0.6) is 0 Å². The zero-order valence-corrected chi connectivity index (χ0v) is 9.85. The minimum Gasteiger partial charge on any atom is -0.478 e. The molecule has 0 saturated heterocycles. The third-order valence-electron chi connectivity index (χ3n) is 2.90. The van der Waals surface area contributed by atoms with Gasteiger partial charge in [0, 0.05) is 18.8 Å². The molecule has 2 unspecified atom stereocenters. The Morgan fingerprint density at radius 3 is 1.69 bits per heavy atom. The molecule has 1 aliphatic rings. The van der Waals surface area contributed by atoms with Crippen LogP contribution in [-0.4, -0.2) is 34.5 Å². The Bertz CT molecular complexity index is 201. The Morgan fingerprint density at radius 1 is 1.19 bits per heavy atom. The van der Waals surface area contributed by atoms with Crippen LogP contribution in [0.25, 0.3) is 0 Å². The van der Waals surface area contributed by atoms with Crippen LogP contribution in [0.1, 0.15) is 32.6 Å². The largest absolute Gasteiger partial charge is 0.478 e. The molecule has 1 rings (SSSR count). The lowest BCUT2D eigenvalue weighted by Gasteiger charge is -2.28. The van der Waals surface area contributed by atoms with Gasteiger partial charge in [-0.1, -0.05) is 19.4 Å². The van der Waals surface area contributed by atoms with Gasteiger partial charge >= 0.3 is 5.97 Å². The van der Waals surface area contributed by atoms with Crippen molar-refractivity contribution in [3.8, 4) is 0 Å². The van der Waals surface area contributed by atoms with Crippen molar-refractivity contribution in [1.82, 2.24) is 0 Å². The molecule has 0 aliphatic heterocycles. The molecule has 2 atom stereocenters. The lowest BCUT2D eigenvalue weighted by atomic mass is 9.80.